The Kier molecular flexibility index (Phi) is 5.21. The van der Waals surface area contributed by atoms with Crippen molar-refractivity contribution in [2.45, 2.75) is 26.0 Å². The third-order valence-corrected chi connectivity index (χ3v) is 2.34. The highest BCUT2D eigenvalue weighted by atomic mass is 16.5. The molecule has 2 amide bonds. The van der Waals surface area contributed by atoms with Gasteiger partial charge in [0, 0.05) is 19.7 Å². The Balaban J connectivity index is 2.22. The minimum Gasteiger partial charge on any atom is -0.377 e. The molecule has 0 aromatic heterocycles. The van der Waals surface area contributed by atoms with Crippen LogP contribution in [0.2, 0.25) is 0 Å². The molecule has 0 radical (unpaired) electrons. The lowest BCUT2D eigenvalue weighted by atomic mass is 10.2. The molecule has 0 aromatic carbocycles. The van der Waals surface area contributed by atoms with Crippen molar-refractivity contribution in [3.05, 3.63) is 0 Å². The van der Waals surface area contributed by atoms with Gasteiger partial charge in [0.15, 0.2) is 0 Å². The van der Waals surface area contributed by atoms with Crippen LogP contribution in [-0.2, 0) is 14.3 Å². The van der Waals surface area contributed by atoms with Crippen LogP contribution in [-0.4, -0.2) is 50.2 Å². The highest BCUT2D eigenvalue weighted by Gasteiger charge is 2.23. The van der Waals surface area contributed by atoms with E-state index in [4.69, 9.17) is 4.74 Å². The summed E-state index contributed by atoms with van der Waals surface area (Å²) < 4.78 is 5.29. The molecule has 1 aliphatic heterocycles. The monoisotopic (exact) mass is 229 g/mol. The van der Waals surface area contributed by atoms with E-state index < -0.39 is 0 Å². The quantitative estimate of drug-likeness (QED) is 0.542. The van der Waals surface area contributed by atoms with Crippen molar-refractivity contribution < 1.29 is 14.3 Å². The first-order valence-electron chi connectivity index (χ1n) is 5.53. The lowest BCUT2D eigenvalue weighted by Gasteiger charge is -2.23. The average Bonchev–Trinajstić information content (AvgIpc) is 2.27. The number of hydrogen-bond donors (Lipinski definition) is 3. The summed E-state index contributed by atoms with van der Waals surface area (Å²) in [5.41, 5.74) is 0. The molecule has 1 aliphatic rings. The topological polar surface area (TPSA) is 79.5 Å². The van der Waals surface area contributed by atoms with Crippen LogP contribution < -0.4 is 16.0 Å². The van der Waals surface area contributed by atoms with Crippen LogP contribution in [0.5, 0.6) is 0 Å². The van der Waals surface area contributed by atoms with Gasteiger partial charge in [-0.2, -0.15) is 0 Å². The zero-order valence-corrected chi connectivity index (χ0v) is 9.71. The van der Waals surface area contributed by atoms with E-state index in [0.717, 1.165) is 0 Å². The maximum Gasteiger partial charge on any atom is 0.239 e. The predicted molar refractivity (Wildman–Crippen MR) is 58.9 cm³/mol. The largest absolute Gasteiger partial charge is 0.377 e. The van der Waals surface area contributed by atoms with E-state index in [9.17, 15) is 9.59 Å². The molecule has 92 valence electrons. The molecule has 0 spiro atoms. The smallest absolute Gasteiger partial charge is 0.239 e. The average molecular weight is 229 g/mol. The van der Waals surface area contributed by atoms with Crippen molar-refractivity contribution in [2.24, 2.45) is 0 Å². The van der Waals surface area contributed by atoms with Gasteiger partial charge < -0.3 is 15.4 Å². The molecule has 6 nitrogen and oxygen atoms in total. The molecule has 1 saturated heterocycles. The molecule has 6 heteroatoms. The molecular weight excluding hydrogens is 210 g/mol. The Morgan fingerprint density at radius 2 is 2.44 bits per heavy atom. The van der Waals surface area contributed by atoms with Gasteiger partial charge in [-0.15, -0.1) is 0 Å². The van der Waals surface area contributed by atoms with Gasteiger partial charge in [0.05, 0.1) is 12.6 Å². The SMILES string of the molecule is CCOC(C)CNC(=O)C1CNC(=O)CN1. The molecule has 0 bridgehead atoms. The van der Waals surface area contributed by atoms with E-state index in [1.165, 1.54) is 0 Å². The summed E-state index contributed by atoms with van der Waals surface area (Å²) in [4.78, 5) is 22.5. The second-order valence-electron chi connectivity index (χ2n) is 3.75. The lowest BCUT2D eigenvalue weighted by Crippen LogP contribution is -2.58. The summed E-state index contributed by atoms with van der Waals surface area (Å²) in [5, 5.41) is 8.27. The van der Waals surface area contributed by atoms with E-state index in [2.05, 4.69) is 16.0 Å². The van der Waals surface area contributed by atoms with Crippen LogP contribution in [0.3, 0.4) is 0 Å². The Bertz CT molecular complexity index is 248. The van der Waals surface area contributed by atoms with Crippen molar-refractivity contribution in [3.63, 3.8) is 0 Å². The summed E-state index contributed by atoms with van der Waals surface area (Å²) in [6.45, 7) is 5.47. The minimum atomic E-state index is -0.341. The predicted octanol–water partition coefficient (Wildman–Crippen LogP) is -1.38. The number of carbonyl (C=O) groups excluding carboxylic acids is 2. The van der Waals surface area contributed by atoms with Crippen molar-refractivity contribution >= 4 is 11.8 Å². The van der Waals surface area contributed by atoms with Crippen molar-refractivity contribution in [1.82, 2.24) is 16.0 Å². The van der Waals surface area contributed by atoms with Gasteiger partial charge >= 0.3 is 0 Å². The molecular formula is C10H19N3O3. The number of carbonyl (C=O) groups is 2. The normalized spacial score (nSPS) is 22.4. The first kappa shape index (κ1) is 12.9. The molecule has 1 heterocycles. The van der Waals surface area contributed by atoms with Crippen molar-refractivity contribution in [1.29, 1.82) is 0 Å². The first-order valence-corrected chi connectivity index (χ1v) is 5.53. The first-order chi connectivity index (χ1) is 7.63. The fraction of sp³-hybridized carbons (Fsp3) is 0.800. The molecule has 3 N–H and O–H groups in total. The number of nitrogens with one attached hydrogen (secondary N) is 3. The Morgan fingerprint density at radius 3 is 3.00 bits per heavy atom. The second kappa shape index (κ2) is 6.44. The van der Waals surface area contributed by atoms with Gasteiger partial charge in [-0.25, -0.2) is 0 Å². The molecule has 16 heavy (non-hydrogen) atoms. The number of piperazine rings is 1. The van der Waals surface area contributed by atoms with Crippen LogP contribution in [0.15, 0.2) is 0 Å². The molecule has 2 unspecified atom stereocenters. The third kappa shape index (κ3) is 4.16. The van der Waals surface area contributed by atoms with E-state index in [1.807, 2.05) is 13.8 Å². The van der Waals surface area contributed by atoms with Crippen LogP contribution in [0.4, 0.5) is 0 Å². The molecule has 0 aliphatic carbocycles. The highest BCUT2D eigenvalue weighted by Crippen LogP contribution is 1.91. The van der Waals surface area contributed by atoms with Gasteiger partial charge in [-0.1, -0.05) is 0 Å². The number of amides is 2. The van der Waals surface area contributed by atoms with Crippen LogP contribution in [0.1, 0.15) is 13.8 Å². The van der Waals surface area contributed by atoms with E-state index >= 15 is 0 Å². The van der Waals surface area contributed by atoms with Crippen LogP contribution >= 0.6 is 0 Å². The molecule has 1 rings (SSSR count). The number of ether oxygens (including phenoxy) is 1. The Morgan fingerprint density at radius 1 is 1.69 bits per heavy atom. The zero-order valence-electron chi connectivity index (χ0n) is 9.71. The summed E-state index contributed by atoms with van der Waals surface area (Å²) >= 11 is 0. The van der Waals surface area contributed by atoms with Gasteiger partial charge in [-0.3, -0.25) is 14.9 Å². The standard InChI is InChI=1S/C10H19N3O3/c1-3-16-7(2)4-13-10(15)8-5-12-9(14)6-11-8/h7-8,11H,3-6H2,1-2H3,(H,12,14)(H,13,15). The summed E-state index contributed by atoms with van der Waals surface area (Å²) in [5.74, 6) is -0.182. The molecule has 2 atom stereocenters. The van der Waals surface area contributed by atoms with E-state index in [-0.39, 0.29) is 30.5 Å². The fourth-order valence-corrected chi connectivity index (χ4v) is 1.46. The van der Waals surface area contributed by atoms with Gasteiger partial charge in [0.2, 0.25) is 11.8 Å². The second-order valence-corrected chi connectivity index (χ2v) is 3.75. The summed E-state index contributed by atoms with van der Waals surface area (Å²) in [6, 6.07) is -0.341. The highest BCUT2D eigenvalue weighted by molar-refractivity contribution is 5.86. The third-order valence-electron chi connectivity index (χ3n) is 2.34. The Labute approximate surface area is 95.1 Å². The van der Waals surface area contributed by atoms with E-state index in [0.29, 0.717) is 19.7 Å². The molecule has 0 saturated carbocycles. The Hall–Kier alpha value is -1.14. The number of hydrogen-bond acceptors (Lipinski definition) is 4. The maximum absolute atomic E-state index is 11.6. The summed E-state index contributed by atoms with van der Waals surface area (Å²) in [7, 11) is 0. The van der Waals surface area contributed by atoms with Crippen molar-refractivity contribution in [2.75, 3.05) is 26.2 Å². The molecule has 1 fully saturated rings. The number of rotatable bonds is 5. The van der Waals surface area contributed by atoms with Crippen molar-refractivity contribution in [3.8, 4) is 0 Å². The van der Waals surface area contributed by atoms with E-state index in [1.54, 1.807) is 0 Å². The van der Waals surface area contributed by atoms with Gasteiger partial charge in [0.25, 0.3) is 0 Å². The lowest BCUT2D eigenvalue weighted by molar-refractivity contribution is -0.127. The van der Waals surface area contributed by atoms with Crippen LogP contribution in [0.25, 0.3) is 0 Å². The van der Waals surface area contributed by atoms with Gasteiger partial charge in [-0.05, 0) is 13.8 Å². The van der Waals surface area contributed by atoms with Crippen LogP contribution in [0, 0.1) is 0 Å². The van der Waals surface area contributed by atoms with Gasteiger partial charge in [0.1, 0.15) is 6.04 Å². The summed E-state index contributed by atoms with van der Waals surface area (Å²) in [6.07, 6.45) is 0.00660. The fourth-order valence-electron chi connectivity index (χ4n) is 1.46. The molecule has 0 aromatic rings. The zero-order chi connectivity index (χ0) is 12.0. The minimum absolute atomic E-state index is 0.00660. The maximum atomic E-state index is 11.6.